The van der Waals surface area contributed by atoms with Crippen LogP contribution in [0, 0.1) is 0 Å². The molecular weight excluding hydrogens is 228 g/mol. The van der Waals surface area contributed by atoms with Crippen molar-refractivity contribution in [2.45, 2.75) is 10.3 Å². The Morgan fingerprint density at radius 3 is 2.65 bits per heavy atom. The normalized spacial score (nSPS) is 17.5. The highest BCUT2D eigenvalue weighted by molar-refractivity contribution is 7.99. The van der Waals surface area contributed by atoms with Gasteiger partial charge < -0.3 is 5.73 Å². The van der Waals surface area contributed by atoms with E-state index < -0.39 is 0 Å². The second-order valence-electron chi connectivity index (χ2n) is 4.07. The third kappa shape index (κ3) is 1.94. The van der Waals surface area contributed by atoms with Crippen LogP contribution in [0.1, 0.15) is 10.9 Å². The first-order chi connectivity index (χ1) is 8.22. The summed E-state index contributed by atoms with van der Waals surface area (Å²) in [5, 5.41) is 2.24. The van der Waals surface area contributed by atoms with Crippen molar-refractivity contribution in [2.24, 2.45) is 4.99 Å². The largest absolute Gasteiger partial charge is 0.399 e. The lowest BCUT2D eigenvalue weighted by Crippen LogP contribution is -2.06. The van der Waals surface area contributed by atoms with Gasteiger partial charge in [-0.3, -0.25) is 4.99 Å². The van der Waals surface area contributed by atoms with Crippen LogP contribution in [-0.4, -0.2) is 0 Å². The van der Waals surface area contributed by atoms with Gasteiger partial charge in [-0.05, 0) is 35.0 Å². The van der Waals surface area contributed by atoms with Gasteiger partial charge in [0.2, 0.25) is 0 Å². The fraction of sp³-hybridized carbons (Fsp3) is 0.0714. The average Bonchev–Trinajstić information content (AvgIpc) is 2.72. The molecule has 3 heteroatoms. The predicted molar refractivity (Wildman–Crippen MR) is 72.2 cm³/mol. The summed E-state index contributed by atoms with van der Waals surface area (Å²) in [5.41, 5.74) is 7.66. The SMILES string of the molecule is C=c1ccc2c(c1)SC(c1ccc(N)cc1)N=2. The zero-order chi connectivity index (χ0) is 11.8. The van der Waals surface area contributed by atoms with Crippen LogP contribution in [0.25, 0.3) is 6.58 Å². The van der Waals surface area contributed by atoms with E-state index in [0.29, 0.717) is 0 Å². The number of nitrogen functional groups attached to an aromatic ring is 1. The molecule has 84 valence electrons. The summed E-state index contributed by atoms with van der Waals surface area (Å²) in [6.45, 7) is 3.94. The molecule has 0 spiro atoms. The molecule has 0 radical (unpaired) electrons. The summed E-state index contributed by atoms with van der Waals surface area (Å²) in [5.74, 6) is 0. The molecule has 0 aromatic heterocycles. The van der Waals surface area contributed by atoms with E-state index in [1.807, 2.05) is 36.4 Å². The van der Waals surface area contributed by atoms with Crippen LogP contribution in [-0.2, 0) is 0 Å². The average molecular weight is 240 g/mol. The van der Waals surface area contributed by atoms with Crippen LogP contribution < -0.4 is 16.3 Å². The molecular formula is C14H12N2S. The smallest absolute Gasteiger partial charge is 0.126 e. The molecule has 0 amide bonds. The Kier molecular flexibility index (Phi) is 2.41. The van der Waals surface area contributed by atoms with E-state index in [1.54, 1.807) is 11.8 Å². The van der Waals surface area contributed by atoms with Crippen molar-refractivity contribution in [1.29, 1.82) is 0 Å². The van der Waals surface area contributed by atoms with Crippen molar-refractivity contribution in [2.75, 3.05) is 5.73 Å². The van der Waals surface area contributed by atoms with Crippen molar-refractivity contribution in [3.05, 3.63) is 58.6 Å². The number of thioether (sulfide) groups is 1. The van der Waals surface area contributed by atoms with E-state index in [-0.39, 0.29) is 5.37 Å². The van der Waals surface area contributed by atoms with Gasteiger partial charge >= 0.3 is 0 Å². The second-order valence-corrected chi connectivity index (χ2v) is 5.19. The summed E-state index contributed by atoms with van der Waals surface area (Å²) >= 11 is 1.76. The molecule has 1 aliphatic rings. The molecule has 3 rings (SSSR count). The second kappa shape index (κ2) is 3.93. The fourth-order valence-electron chi connectivity index (χ4n) is 1.84. The highest BCUT2D eigenvalue weighted by atomic mass is 32.2. The number of anilines is 1. The Balaban J connectivity index is 1.99. The molecule has 1 unspecified atom stereocenters. The van der Waals surface area contributed by atoms with Crippen molar-refractivity contribution >= 4 is 24.0 Å². The minimum Gasteiger partial charge on any atom is -0.399 e. The Morgan fingerprint density at radius 1 is 1.12 bits per heavy atom. The first-order valence-corrected chi connectivity index (χ1v) is 6.29. The number of nitrogens with two attached hydrogens (primary N) is 1. The van der Waals surface area contributed by atoms with Crippen LogP contribution in [0.5, 0.6) is 0 Å². The van der Waals surface area contributed by atoms with Crippen LogP contribution in [0.2, 0.25) is 0 Å². The van der Waals surface area contributed by atoms with E-state index in [1.165, 1.54) is 10.5 Å². The van der Waals surface area contributed by atoms with Gasteiger partial charge in [-0.25, -0.2) is 0 Å². The molecule has 2 N–H and O–H groups in total. The lowest BCUT2D eigenvalue weighted by Gasteiger charge is -2.06. The Bertz CT molecular complexity index is 662. The van der Waals surface area contributed by atoms with Gasteiger partial charge in [0.05, 0.1) is 5.36 Å². The predicted octanol–water partition coefficient (Wildman–Crippen LogP) is 2.10. The molecule has 0 saturated heterocycles. The van der Waals surface area contributed by atoms with E-state index in [4.69, 9.17) is 5.73 Å². The van der Waals surface area contributed by atoms with Gasteiger partial charge in [-0.2, -0.15) is 0 Å². The molecule has 0 aliphatic carbocycles. The number of hydrogen-bond acceptors (Lipinski definition) is 3. The number of rotatable bonds is 1. The van der Waals surface area contributed by atoms with Gasteiger partial charge in [0.25, 0.3) is 0 Å². The highest BCUT2D eigenvalue weighted by Crippen LogP contribution is 2.37. The minimum atomic E-state index is 0.146. The van der Waals surface area contributed by atoms with E-state index >= 15 is 0 Å². The topological polar surface area (TPSA) is 38.4 Å². The maximum atomic E-state index is 5.68. The maximum Gasteiger partial charge on any atom is 0.126 e. The molecule has 0 bridgehead atoms. The molecule has 1 aliphatic heterocycles. The molecule has 0 fully saturated rings. The molecule has 2 aromatic rings. The minimum absolute atomic E-state index is 0.146. The summed E-state index contributed by atoms with van der Waals surface area (Å²) in [6, 6.07) is 14.0. The summed E-state index contributed by atoms with van der Waals surface area (Å²) in [6.07, 6.45) is 0. The molecule has 1 heterocycles. The molecule has 2 aromatic carbocycles. The Morgan fingerprint density at radius 2 is 1.88 bits per heavy atom. The third-order valence-corrected chi connectivity index (χ3v) is 3.92. The number of nitrogens with zero attached hydrogens (tertiary/aromatic N) is 1. The third-order valence-electron chi connectivity index (χ3n) is 2.74. The quantitative estimate of drug-likeness (QED) is 0.775. The standard InChI is InChI=1S/C14H12N2S/c1-9-2-7-12-13(8-9)17-14(16-12)10-3-5-11(15)6-4-10/h2-8,14H,1,15H2. The fourth-order valence-corrected chi connectivity index (χ4v) is 3.00. The van der Waals surface area contributed by atoms with Crippen molar-refractivity contribution in [3.63, 3.8) is 0 Å². The van der Waals surface area contributed by atoms with Gasteiger partial charge in [0.1, 0.15) is 5.37 Å². The first kappa shape index (κ1) is 10.4. The van der Waals surface area contributed by atoms with Crippen LogP contribution >= 0.6 is 11.8 Å². The number of benzene rings is 2. The van der Waals surface area contributed by atoms with E-state index in [9.17, 15) is 0 Å². The lowest BCUT2D eigenvalue weighted by atomic mass is 10.2. The number of fused-ring (bicyclic) bond motifs is 1. The zero-order valence-corrected chi connectivity index (χ0v) is 10.1. The summed E-state index contributed by atoms with van der Waals surface area (Å²) in [7, 11) is 0. The van der Waals surface area contributed by atoms with Crippen molar-refractivity contribution in [1.82, 2.24) is 0 Å². The van der Waals surface area contributed by atoms with E-state index in [2.05, 4.69) is 17.6 Å². The van der Waals surface area contributed by atoms with Gasteiger partial charge in [-0.15, -0.1) is 0 Å². The maximum absolute atomic E-state index is 5.68. The number of hydrogen-bond donors (Lipinski definition) is 1. The molecule has 17 heavy (non-hydrogen) atoms. The Hall–Kier alpha value is -1.74. The summed E-state index contributed by atoms with van der Waals surface area (Å²) in [4.78, 5) is 5.89. The first-order valence-electron chi connectivity index (χ1n) is 5.41. The monoisotopic (exact) mass is 240 g/mol. The van der Waals surface area contributed by atoms with Gasteiger partial charge in [-0.1, -0.05) is 36.5 Å². The van der Waals surface area contributed by atoms with Crippen molar-refractivity contribution < 1.29 is 0 Å². The van der Waals surface area contributed by atoms with E-state index in [0.717, 1.165) is 16.3 Å². The van der Waals surface area contributed by atoms with Crippen LogP contribution in [0.4, 0.5) is 5.69 Å². The Labute approximate surface area is 104 Å². The lowest BCUT2D eigenvalue weighted by molar-refractivity contribution is 0.997. The molecule has 0 saturated carbocycles. The highest BCUT2D eigenvalue weighted by Gasteiger charge is 2.18. The summed E-state index contributed by atoms with van der Waals surface area (Å²) < 4.78 is 0. The molecule has 1 atom stereocenters. The van der Waals surface area contributed by atoms with Crippen LogP contribution in [0.3, 0.4) is 0 Å². The van der Waals surface area contributed by atoms with Gasteiger partial charge in [0.15, 0.2) is 0 Å². The van der Waals surface area contributed by atoms with Gasteiger partial charge in [0, 0.05) is 10.6 Å². The zero-order valence-electron chi connectivity index (χ0n) is 9.26. The van der Waals surface area contributed by atoms with Crippen molar-refractivity contribution in [3.8, 4) is 0 Å². The van der Waals surface area contributed by atoms with Crippen LogP contribution in [0.15, 0.2) is 52.4 Å². The molecule has 2 nitrogen and oxygen atoms in total.